The molecule has 0 aliphatic rings. The zero-order valence-corrected chi connectivity index (χ0v) is 10.7. The van der Waals surface area contributed by atoms with Gasteiger partial charge in [-0.2, -0.15) is 0 Å². The van der Waals surface area contributed by atoms with Crippen molar-refractivity contribution < 1.29 is 23.1 Å². The van der Waals surface area contributed by atoms with Gasteiger partial charge in [0.2, 0.25) is 5.91 Å². The number of benzene rings is 1. The van der Waals surface area contributed by atoms with Crippen LogP contribution in [0.15, 0.2) is 18.2 Å². The second-order valence-electron chi connectivity index (χ2n) is 4.00. The van der Waals surface area contributed by atoms with Crippen LogP contribution in [0.1, 0.15) is 19.4 Å². The summed E-state index contributed by atoms with van der Waals surface area (Å²) >= 11 is 0. The van der Waals surface area contributed by atoms with Gasteiger partial charge in [-0.3, -0.25) is 4.79 Å². The highest BCUT2D eigenvalue weighted by Gasteiger charge is 2.16. The first-order valence-corrected chi connectivity index (χ1v) is 5.83. The third kappa shape index (κ3) is 5.03. The van der Waals surface area contributed by atoms with Crippen molar-refractivity contribution in [3.63, 3.8) is 0 Å². The molecule has 0 radical (unpaired) electrons. The Morgan fingerprint density at radius 3 is 2.37 bits per heavy atom. The Kier molecular flexibility index (Phi) is 5.41. The van der Waals surface area contributed by atoms with Crippen molar-refractivity contribution in [2.75, 3.05) is 6.61 Å². The Balaban J connectivity index is 2.57. The summed E-state index contributed by atoms with van der Waals surface area (Å²) in [4.78, 5) is 22.9. The summed E-state index contributed by atoms with van der Waals surface area (Å²) in [6.07, 6.45) is -0.210. The lowest BCUT2D eigenvalue weighted by Gasteiger charge is -2.12. The van der Waals surface area contributed by atoms with Crippen molar-refractivity contribution >= 4 is 11.9 Å². The van der Waals surface area contributed by atoms with Gasteiger partial charge < -0.3 is 10.1 Å². The molecule has 1 N–H and O–H groups in total. The average molecular weight is 271 g/mol. The molecule has 0 fully saturated rings. The van der Waals surface area contributed by atoms with Crippen molar-refractivity contribution in [1.82, 2.24) is 5.32 Å². The third-order valence-corrected chi connectivity index (χ3v) is 2.30. The van der Waals surface area contributed by atoms with E-state index in [0.29, 0.717) is 0 Å². The predicted molar refractivity (Wildman–Crippen MR) is 64.3 cm³/mol. The molecule has 1 rings (SSSR count). The fraction of sp³-hybridized carbons (Fsp3) is 0.385. The molecule has 0 aliphatic heterocycles. The van der Waals surface area contributed by atoms with Gasteiger partial charge in [0.25, 0.3) is 0 Å². The molecule has 0 heterocycles. The minimum absolute atomic E-state index is 0.200. The Morgan fingerprint density at radius 2 is 1.84 bits per heavy atom. The van der Waals surface area contributed by atoms with Gasteiger partial charge in [0.05, 0.1) is 13.0 Å². The molecule has 1 unspecified atom stereocenters. The van der Waals surface area contributed by atoms with Crippen molar-refractivity contribution in [3.05, 3.63) is 35.4 Å². The zero-order valence-electron chi connectivity index (χ0n) is 10.7. The molecule has 104 valence electrons. The molecule has 1 atom stereocenters. The van der Waals surface area contributed by atoms with Crippen LogP contribution in [0.2, 0.25) is 0 Å². The van der Waals surface area contributed by atoms with Crippen LogP contribution >= 0.6 is 0 Å². The molecule has 0 aliphatic carbocycles. The molecule has 0 bridgehead atoms. The molecule has 0 aromatic heterocycles. The summed E-state index contributed by atoms with van der Waals surface area (Å²) in [7, 11) is 0. The molecule has 1 aromatic rings. The van der Waals surface area contributed by atoms with Crippen LogP contribution in [0.25, 0.3) is 0 Å². The van der Waals surface area contributed by atoms with Crippen LogP contribution in [0.3, 0.4) is 0 Å². The molecular weight excluding hydrogens is 256 g/mol. The lowest BCUT2D eigenvalue weighted by Crippen LogP contribution is -2.40. The minimum atomic E-state index is -0.800. The van der Waals surface area contributed by atoms with Gasteiger partial charge >= 0.3 is 5.97 Å². The maximum absolute atomic E-state index is 12.9. The van der Waals surface area contributed by atoms with Gasteiger partial charge in [-0.15, -0.1) is 0 Å². The van der Waals surface area contributed by atoms with Crippen LogP contribution in [0, 0.1) is 11.6 Å². The van der Waals surface area contributed by atoms with Gasteiger partial charge in [0.1, 0.15) is 17.7 Å². The Hall–Kier alpha value is -1.98. The van der Waals surface area contributed by atoms with Gasteiger partial charge in [-0.25, -0.2) is 13.6 Å². The van der Waals surface area contributed by atoms with Crippen LogP contribution in [0.4, 0.5) is 8.78 Å². The lowest BCUT2D eigenvalue weighted by atomic mass is 10.1. The number of halogens is 2. The molecule has 1 aromatic carbocycles. The van der Waals surface area contributed by atoms with Gasteiger partial charge in [0.15, 0.2) is 0 Å². The number of rotatable bonds is 5. The minimum Gasteiger partial charge on any atom is -0.464 e. The summed E-state index contributed by atoms with van der Waals surface area (Å²) in [6.45, 7) is 3.35. The number of amides is 1. The Labute approximate surface area is 109 Å². The number of esters is 1. The normalized spacial score (nSPS) is 11.8. The van der Waals surface area contributed by atoms with Crippen molar-refractivity contribution in [2.45, 2.75) is 26.3 Å². The largest absolute Gasteiger partial charge is 0.464 e. The second kappa shape index (κ2) is 6.82. The summed E-state index contributed by atoms with van der Waals surface area (Å²) < 4.78 is 30.6. The van der Waals surface area contributed by atoms with Gasteiger partial charge in [-0.05, 0) is 31.5 Å². The Morgan fingerprint density at radius 1 is 1.26 bits per heavy atom. The van der Waals surface area contributed by atoms with E-state index in [0.717, 1.165) is 18.2 Å². The van der Waals surface area contributed by atoms with Crippen LogP contribution in [-0.4, -0.2) is 24.5 Å². The van der Waals surface area contributed by atoms with Gasteiger partial charge in [-0.1, -0.05) is 0 Å². The number of hydrogen-bond acceptors (Lipinski definition) is 3. The lowest BCUT2D eigenvalue weighted by molar-refractivity contribution is -0.146. The van der Waals surface area contributed by atoms with Gasteiger partial charge in [0, 0.05) is 6.07 Å². The fourth-order valence-corrected chi connectivity index (χ4v) is 1.52. The molecule has 0 saturated carbocycles. The van der Waals surface area contributed by atoms with Crippen LogP contribution in [0.5, 0.6) is 0 Å². The van der Waals surface area contributed by atoms with Crippen LogP contribution in [-0.2, 0) is 20.7 Å². The predicted octanol–water partition coefficient (Wildman–Crippen LogP) is 1.58. The summed E-state index contributed by atoms with van der Waals surface area (Å²) in [5, 5.41) is 2.39. The summed E-state index contributed by atoms with van der Waals surface area (Å²) in [6, 6.07) is 2.06. The number of ether oxygens (including phenoxy) is 1. The SMILES string of the molecule is CCOC(=O)C(C)NC(=O)Cc1cc(F)cc(F)c1. The molecule has 1 amide bonds. The van der Waals surface area contributed by atoms with E-state index in [1.165, 1.54) is 6.92 Å². The first-order chi connectivity index (χ1) is 8.92. The first-order valence-electron chi connectivity index (χ1n) is 5.83. The quantitative estimate of drug-likeness (QED) is 0.827. The molecule has 4 nitrogen and oxygen atoms in total. The van der Waals surface area contributed by atoms with E-state index in [1.807, 2.05) is 0 Å². The maximum Gasteiger partial charge on any atom is 0.328 e. The molecule has 19 heavy (non-hydrogen) atoms. The maximum atomic E-state index is 12.9. The van der Waals surface area contributed by atoms with Crippen LogP contribution < -0.4 is 5.32 Å². The average Bonchev–Trinajstić information content (AvgIpc) is 2.27. The molecule has 0 saturated heterocycles. The highest BCUT2D eigenvalue weighted by molar-refractivity contribution is 5.85. The van der Waals surface area contributed by atoms with E-state index in [9.17, 15) is 18.4 Å². The topological polar surface area (TPSA) is 55.4 Å². The van der Waals surface area contributed by atoms with E-state index >= 15 is 0 Å². The van der Waals surface area contributed by atoms with E-state index in [1.54, 1.807) is 6.92 Å². The highest BCUT2D eigenvalue weighted by Crippen LogP contribution is 2.08. The number of carbonyl (C=O) groups excluding carboxylic acids is 2. The van der Waals surface area contributed by atoms with E-state index in [2.05, 4.69) is 5.32 Å². The number of carbonyl (C=O) groups is 2. The monoisotopic (exact) mass is 271 g/mol. The summed E-state index contributed by atoms with van der Waals surface area (Å²) in [5.74, 6) is -2.56. The van der Waals surface area contributed by atoms with E-state index in [-0.39, 0.29) is 18.6 Å². The van der Waals surface area contributed by atoms with E-state index < -0.39 is 29.6 Å². The Bertz CT molecular complexity index is 457. The van der Waals surface area contributed by atoms with Crippen molar-refractivity contribution in [1.29, 1.82) is 0 Å². The highest BCUT2D eigenvalue weighted by atomic mass is 19.1. The number of hydrogen-bond donors (Lipinski definition) is 1. The zero-order chi connectivity index (χ0) is 14.4. The standard InChI is InChI=1S/C13H15F2NO3/c1-3-19-13(18)8(2)16-12(17)6-9-4-10(14)7-11(15)5-9/h4-5,7-8H,3,6H2,1-2H3,(H,16,17). The summed E-state index contributed by atoms with van der Waals surface area (Å²) in [5.41, 5.74) is 0.200. The van der Waals surface area contributed by atoms with Crippen molar-refractivity contribution in [3.8, 4) is 0 Å². The van der Waals surface area contributed by atoms with E-state index in [4.69, 9.17) is 4.74 Å². The fourth-order valence-electron chi connectivity index (χ4n) is 1.52. The molecule has 6 heteroatoms. The molecule has 0 spiro atoms. The second-order valence-corrected chi connectivity index (χ2v) is 4.00. The first kappa shape index (κ1) is 15.1. The smallest absolute Gasteiger partial charge is 0.328 e. The molecular formula is C13H15F2NO3. The van der Waals surface area contributed by atoms with Crippen molar-refractivity contribution in [2.24, 2.45) is 0 Å². The number of nitrogens with one attached hydrogen (secondary N) is 1. The third-order valence-electron chi connectivity index (χ3n) is 2.30.